The van der Waals surface area contributed by atoms with Crippen LogP contribution in [0.5, 0.6) is 0 Å². The first-order valence-corrected chi connectivity index (χ1v) is 7.37. The Balaban J connectivity index is 2.13. The summed E-state index contributed by atoms with van der Waals surface area (Å²) in [5, 5.41) is 2.98. The predicted octanol–water partition coefficient (Wildman–Crippen LogP) is 4.56. The van der Waals surface area contributed by atoms with Gasteiger partial charge in [0.1, 0.15) is 0 Å². The van der Waals surface area contributed by atoms with E-state index in [1.807, 2.05) is 39.0 Å². The maximum atomic E-state index is 12.2. The van der Waals surface area contributed by atoms with E-state index in [4.69, 9.17) is 0 Å². The van der Waals surface area contributed by atoms with Gasteiger partial charge in [-0.2, -0.15) is 0 Å². The van der Waals surface area contributed by atoms with Gasteiger partial charge in [0, 0.05) is 10.2 Å². The molecule has 1 amide bonds. The zero-order valence-corrected chi connectivity index (χ0v) is 13.5. The predicted molar refractivity (Wildman–Crippen MR) is 87.1 cm³/mol. The molecule has 0 radical (unpaired) electrons. The number of halogens is 1. The van der Waals surface area contributed by atoms with Gasteiger partial charge >= 0.3 is 0 Å². The Hall–Kier alpha value is -1.61. The molecule has 1 N–H and O–H groups in total. The summed E-state index contributed by atoms with van der Waals surface area (Å²) < 4.78 is 0.963. The van der Waals surface area contributed by atoms with E-state index in [2.05, 4.69) is 39.4 Å². The van der Waals surface area contributed by atoms with Crippen molar-refractivity contribution >= 4 is 27.5 Å². The molecule has 0 saturated heterocycles. The number of hydrogen-bond donors (Lipinski definition) is 1. The Morgan fingerprint density at radius 3 is 2.50 bits per heavy atom. The normalized spacial score (nSPS) is 10.4. The summed E-state index contributed by atoms with van der Waals surface area (Å²) >= 11 is 3.42. The summed E-state index contributed by atoms with van der Waals surface area (Å²) in [5.74, 6) is 0.0138. The molecular weight excluding hydrogens is 314 g/mol. The van der Waals surface area contributed by atoms with E-state index in [0.29, 0.717) is 6.42 Å². The molecule has 0 atom stereocenters. The standard InChI is InChI=1S/C17H18BrNO/c1-11-4-5-12(2)14(8-11)9-17(20)19-16-10-15(18)7-6-13(16)3/h4-8,10H,9H2,1-3H3,(H,19,20). The summed E-state index contributed by atoms with van der Waals surface area (Å²) in [6.45, 7) is 6.06. The molecule has 2 aromatic rings. The van der Waals surface area contributed by atoms with Crippen molar-refractivity contribution in [3.8, 4) is 0 Å². The number of anilines is 1. The van der Waals surface area contributed by atoms with Crippen LogP contribution in [0.2, 0.25) is 0 Å². The van der Waals surface area contributed by atoms with E-state index in [-0.39, 0.29) is 5.91 Å². The molecule has 0 aliphatic rings. The molecule has 3 heteroatoms. The first-order chi connectivity index (χ1) is 9.45. The highest BCUT2D eigenvalue weighted by atomic mass is 79.9. The van der Waals surface area contributed by atoms with Crippen molar-refractivity contribution in [1.82, 2.24) is 0 Å². The Labute approximate surface area is 128 Å². The van der Waals surface area contributed by atoms with Crippen LogP contribution in [0, 0.1) is 20.8 Å². The number of rotatable bonds is 3. The molecule has 104 valence electrons. The van der Waals surface area contributed by atoms with Gasteiger partial charge in [0.15, 0.2) is 0 Å². The number of amides is 1. The third-order valence-electron chi connectivity index (χ3n) is 3.33. The molecule has 2 nitrogen and oxygen atoms in total. The second-order valence-corrected chi connectivity index (χ2v) is 6.03. The largest absolute Gasteiger partial charge is 0.326 e. The smallest absolute Gasteiger partial charge is 0.228 e. The minimum Gasteiger partial charge on any atom is -0.326 e. The van der Waals surface area contributed by atoms with Crippen LogP contribution in [0.15, 0.2) is 40.9 Å². The Morgan fingerprint density at radius 2 is 1.75 bits per heavy atom. The van der Waals surface area contributed by atoms with E-state index in [0.717, 1.165) is 26.9 Å². The molecule has 0 fully saturated rings. The minimum atomic E-state index is 0.0138. The fraction of sp³-hybridized carbons (Fsp3) is 0.235. The second kappa shape index (κ2) is 6.23. The van der Waals surface area contributed by atoms with Crippen molar-refractivity contribution in [2.24, 2.45) is 0 Å². The van der Waals surface area contributed by atoms with Gasteiger partial charge in [-0.1, -0.05) is 45.8 Å². The molecule has 0 heterocycles. The minimum absolute atomic E-state index is 0.0138. The van der Waals surface area contributed by atoms with Crippen LogP contribution in [0.3, 0.4) is 0 Å². The van der Waals surface area contributed by atoms with Crippen LogP contribution in [0.4, 0.5) is 5.69 Å². The van der Waals surface area contributed by atoms with Crippen LogP contribution in [-0.4, -0.2) is 5.91 Å². The summed E-state index contributed by atoms with van der Waals surface area (Å²) in [7, 11) is 0. The first-order valence-electron chi connectivity index (χ1n) is 6.58. The van der Waals surface area contributed by atoms with Crippen molar-refractivity contribution in [3.05, 3.63) is 63.1 Å². The van der Waals surface area contributed by atoms with Gasteiger partial charge in [0.25, 0.3) is 0 Å². The Kier molecular flexibility index (Phi) is 4.61. The fourth-order valence-electron chi connectivity index (χ4n) is 2.09. The number of benzene rings is 2. The maximum absolute atomic E-state index is 12.2. The highest BCUT2D eigenvalue weighted by molar-refractivity contribution is 9.10. The molecule has 2 aromatic carbocycles. The van der Waals surface area contributed by atoms with Gasteiger partial charge in [-0.15, -0.1) is 0 Å². The van der Waals surface area contributed by atoms with Crippen LogP contribution in [-0.2, 0) is 11.2 Å². The van der Waals surface area contributed by atoms with Gasteiger partial charge in [-0.05, 0) is 49.6 Å². The van der Waals surface area contributed by atoms with Gasteiger partial charge in [0.2, 0.25) is 5.91 Å². The number of carbonyl (C=O) groups excluding carboxylic acids is 1. The van der Waals surface area contributed by atoms with Gasteiger partial charge in [-0.25, -0.2) is 0 Å². The molecule has 0 saturated carbocycles. The van der Waals surface area contributed by atoms with Crippen LogP contribution < -0.4 is 5.32 Å². The van der Waals surface area contributed by atoms with Crippen molar-refractivity contribution in [2.75, 3.05) is 5.32 Å². The van der Waals surface area contributed by atoms with Gasteiger partial charge in [-0.3, -0.25) is 4.79 Å². The first kappa shape index (κ1) is 14.8. The van der Waals surface area contributed by atoms with Crippen molar-refractivity contribution < 1.29 is 4.79 Å². The monoisotopic (exact) mass is 331 g/mol. The summed E-state index contributed by atoms with van der Waals surface area (Å²) in [4.78, 5) is 12.2. The molecule has 0 aromatic heterocycles. The van der Waals surface area contributed by atoms with Crippen molar-refractivity contribution in [3.63, 3.8) is 0 Å². The van der Waals surface area contributed by atoms with E-state index in [1.54, 1.807) is 0 Å². The van der Waals surface area contributed by atoms with E-state index in [9.17, 15) is 4.79 Å². The Bertz CT molecular complexity index is 594. The van der Waals surface area contributed by atoms with E-state index < -0.39 is 0 Å². The third kappa shape index (κ3) is 3.70. The second-order valence-electron chi connectivity index (χ2n) is 5.11. The lowest BCUT2D eigenvalue weighted by molar-refractivity contribution is -0.115. The molecule has 0 aliphatic heterocycles. The van der Waals surface area contributed by atoms with E-state index in [1.165, 1.54) is 5.56 Å². The third-order valence-corrected chi connectivity index (χ3v) is 3.82. The van der Waals surface area contributed by atoms with Crippen LogP contribution in [0.1, 0.15) is 22.3 Å². The maximum Gasteiger partial charge on any atom is 0.228 e. The topological polar surface area (TPSA) is 29.1 Å². The number of nitrogens with one attached hydrogen (secondary N) is 1. The zero-order valence-electron chi connectivity index (χ0n) is 12.0. The van der Waals surface area contributed by atoms with Crippen molar-refractivity contribution in [2.45, 2.75) is 27.2 Å². The lowest BCUT2D eigenvalue weighted by Crippen LogP contribution is -2.15. The molecule has 20 heavy (non-hydrogen) atoms. The molecular formula is C17H18BrNO. The average molecular weight is 332 g/mol. The molecule has 0 unspecified atom stereocenters. The van der Waals surface area contributed by atoms with Gasteiger partial charge < -0.3 is 5.32 Å². The SMILES string of the molecule is Cc1ccc(C)c(CC(=O)Nc2cc(Br)ccc2C)c1. The molecule has 2 rings (SSSR count). The highest BCUT2D eigenvalue weighted by Crippen LogP contribution is 2.21. The lowest BCUT2D eigenvalue weighted by atomic mass is 10.0. The van der Waals surface area contributed by atoms with Crippen LogP contribution in [0.25, 0.3) is 0 Å². The summed E-state index contributed by atoms with van der Waals surface area (Å²) in [6, 6.07) is 12.1. The number of hydrogen-bond acceptors (Lipinski definition) is 1. The average Bonchev–Trinajstić information content (AvgIpc) is 2.38. The molecule has 0 spiro atoms. The summed E-state index contributed by atoms with van der Waals surface area (Å²) in [5.41, 5.74) is 5.32. The summed E-state index contributed by atoms with van der Waals surface area (Å²) in [6.07, 6.45) is 0.402. The zero-order chi connectivity index (χ0) is 14.7. The van der Waals surface area contributed by atoms with E-state index >= 15 is 0 Å². The lowest BCUT2D eigenvalue weighted by Gasteiger charge is -2.10. The van der Waals surface area contributed by atoms with Crippen molar-refractivity contribution in [1.29, 1.82) is 0 Å². The molecule has 0 aliphatic carbocycles. The number of carbonyl (C=O) groups is 1. The fourth-order valence-corrected chi connectivity index (χ4v) is 2.45. The number of aryl methyl sites for hydroxylation is 3. The van der Waals surface area contributed by atoms with Gasteiger partial charge in [0.05, 0.1) is 6.42 Å². The van der Waals surface area contributed by atoms with Crippen LogP contribution >= 0.6 is 15.9 Å². The molecule has 0 bridgehead atoms. The quantitative estimate of drug-likeness (QED) is 0.877. The highest BCUT2D eigenvalue weighted by Gasteiger charge is 2.08. The Morgan fingerprint density at radius 1 is 1.05 bits per heavy atom.